The third kappa shape index (κ3) is 4.13. The van der Waals surface area contributed by atoms with E-state index in [1.807, 2.05) is 26.0 Å². The Bertz CT molecular complexity index is 1280. The lowest BCUT2D eigenvalue weighted by molar-refractivity contribution is -0.132. The van der Waals surface area contributed by atoms with Crippen molar-refractivity contribution in [3.8, 4) is 11.5 Å². The molecule has 1 saturated heterocycles. The van der Waals surface area contributed by atoms with Crippen molar-refractivity contribution >= 4 is 34.7 Å². The number of ketones is 1. The number of hydrogen-bond donors (Lipinski definition) is 1. The van der Waals surface area contributed by atoms with Crippen LogP contribution in [0.3, 0.4) is 0 Å². The molecule has 1 fully saturated rings. The molecule has 1 heterocycles. The Balaban J connectivity index is 1.92. The molecule has 1 aliphatic rings. The van der Waals surface area contributed by atoms with E-state index in [0.29, 0.717) is 34.9 Å². The molecule has 0 aromatic heterocycles. The van der Waals surface area contributed by atoms with Gasteiger partial charge in [0.1, 0.15) is 17.3 Å². The molecule has 0 bridgehead atoms. The fourth-order valence-corrected chi connectivity index (χ4v) is 4.37. The van der Waals surface area contributed by atoms with Gasteiger partial charge < -0.3 is 14.6 Å². The first-order chi connectivity index (χ1) is 16.4. The number of hydrogen-bond acceptors (Lipinski definition) is 5. The number of aliphatic hydroxyl groups is 1. The van der Waals surface area contributed by atoms with E-state index in [2.05, 4.69) is 0 Å². The zero-order valence-electron chi connectivity index (χ0n) is 19.0. The van der Waals surface area contributed by atoms with Crippen molar-refractivity contribution < 1.29 is 24.2 Å². The Morgan fingerprint density at radius 2 is 1.76 bits per heavy atom. The van der Waals surface area contributed by atoms with E-state index in [-0.39, 0.29) is 16.4 Å². The van der Waals surface area contributed by atoms with Gasteiger partial charge in [0.25, 0.3) is 11.7 Å². The standard InChI is InChI=1S/C27H24ClNO5/c1-4-34-19-12-9-17(10-13-19)24-23(25(30)18-11-14-22(33-3)20(28)15-18)26(31)27(32)29(24)21-8-6-5-7-16(21)2/h5-15,24,30H,4H2,1-3H3/b25-23-. The maximum absolute atomic E-state index is 13.3. The second kappa shape index (κ2) is 9.61. The summed E-state index contributed by atoms with van der Waals surface area (Å²) in [4.78, 5) is 28.0. The first-order valence-electron chi connectivity index (χ1n) is 10.8. The van der Waals surface area contributed by atoms with E-state index in [0.717, 1.165) is 5.56 Å². The van der Waals surface area contributed by atoms with Gasteiger partial charge in [0.2, 0.25) is 0 Å². The molecule has 0 spiro atoms. The smallest absolute Gasteiger partial charge is 0.300 e. The first kappa shape index (κ1) is 23.4. The molecule has 6 nitrogen and oxygen atoms in total. The van der Waals surface area contributed by atoms with Crippen molar-refractivity contribution in [1.29, 1.82) is 0 Å². The lowest BCUT2D eigenvalue weighted by atomic mass is 9.94. The van der Waals surface area contributed by atoms with Gasteiger partial charge in [-0.1, -0.05) is 41.9 Å². The number of benzene rings is 3. The molecule has 0 saturated carbocycles. The largest absolute Gasteiger partial charge is 0.507 e. The zero-order chi connectivity index (χ0) is 24.4. The summed E-state index contributed by atoms with van der Waals surface area (Å²) >= 11 is 6.26. The summed E-state index contributed by atoms with van der Waals surface area (Å²) in [6.45, 7) is 4.27. The third-order valence-electron chi connectivity index (χ3n) is 5.75. The van der Waals surface area contributed by atoms with Gasteiger partial charge in [-0.3, -0.25) is 14.5 Å². The highest BCUT2D eigenvalue weighted by Gasteiger charge is 2.47. The first-order valence-corrected chi connectivity index (χ1v) is 11.2. The predicted molar refractivity (Wildman–Crippen MR) is 132 cm³/mol. The monoisotopic (exact) mass is 477 g/mol. The van der Waals surface area contributed by atoms with Crippen molar-refractivity contribution in [3.63, 3.8) is 0 Å². The molecule has 7 heteroatoms. The minimum Gasteiger partial charge on any atom is -0.507 e. The number of carbonyl (C=O) groups excluding carboxylic acids is 2. The van der Waals surface area contributed by atoms with Gasteiger partial charge in [0.05, 0.1) is 30.4 Å². The summed E-state index contributed by atoms with van der Waals surface area (Å²) in [6.07, 6.45) is 0. The lowest BCUT2D eigenvalue weighted by Crippen LogP contribution is -2.30. The van der Waals surface area contributed by atoms with E-state index in [4.69, 9.17) is 21.1 Å². The topological polar surface area (TPSA) is 76.1 Å². The number of methoxy groups -OCH3 is 1. The van der Waals surface area contributed by atoms with Crippen LogP contribution in [0.2, 0.25) is 5.02 Å². The highest BCUT2D eigenvalue weighted by atomic mass is 35.5. The molecule has 3 aromatic rings. The lowest BCUT2D eigenvalue weighted by Gasteiger charge is -2.27. The number of carbonyl (C=O) groups is 2. The van der Waals surface area contributed by atoms with Gasteiger partial charge in [0.15, 0.2) is 0 Å². The third-order valence-corrected chi connectivity index (χ3v) is 6.05. The molecule has 3 aromatic carbocycles. The molecule has 1 unspecified atom stereocenters. The minimum absolute atomic E-state index is 0.0151. The fourth-order valence-electron chi connectivity index (χ4n) is 4.11. The van der Waals surface area contributed by atoms with Crippen LogP contribution in [0, 0.1) is 6.92 Å². The van der Waals surface area contributed by atoms with Crippen LogP contribution in [0.25, 0.3) is 5.76 Å². The van der Waals surface area contributed by atoms with Crippen molar-refractivity contribution in [2.75, 3.05) is 18.6 Å². The van der Waals surface area contributed by atoms with Gasteiger partial charge in [-0.15, -0.1) is 0 Å². The summed E-state index contributed by atoms with van der Waals surface area (Å²) in [5.41, 5.74) is 2.37. The number of anilines is 1. The minimum atomic E-state index is -0.836. The van der Waals surface area contributed by atoms with Crippen LogP contribution in [0.15, 0.2) is 72.3 Å². The molecule has 1 atom stereocenters. The van der Waals surface area contributed by atoms with Crippen LogP contribution in [-0.4, -0.2) is 30.5 Å². The molecule has 174 valence electrons. The Hall–Kier alpha value is -3.77. The number of para-hydroxylation sites is 1. The summed E-state index contributed by atoms with van der Waals surface area (Å²) in [6, 6.07) is 18.3. The number of rotatable bonds is 6. The average Bonchev–Trinajstić information content (AvgIpc) is 3.10. The Morgan fingerprint density at radius 3 is 2.38 bits per heavy atom. The molecular weight excluding hydrogens is 454 g/mol. The second-order valence-electron chi connectivity index (χ2n) is 7.81. The number of ether oxygens (including phenoxy) is 2. The molecule has 1 aliphatic heterocycles. The molecule has 1 N–H and O–H groups in total. The summed E-state index contributed by atoms with van der Waals surface area (Å²) < 4.78 is 10.7. The highest BCUT2D eigenvalue weighted by Crippen LogP contribution is 2.43. The van der Waals surface area contributed by atoms with E-state index < -0.39 is 17.7 Å². The van der Waals surface area contributed by atoms with Crippen molar-refractivity contribution in [2.45, 2.75) is 19.9 Å². The van der Waals surface area contributed by atoms with Gasteiger partial charge in [-0.05, 0) is 61.4 Å². The Labute approximate surface area is 203 Å². The molecule has 0 radical (unpaired) electrons. The highest BCUT2D eigenvalue weighted by molar-refractivity contribution is 6.51. The quantitative estimate of drug-likeness (QED) is 0.281. The van der Waals surface area contributed by atoms with Crippen LogP contribution >= 0.6 is 11.6 Å². The van der Waals surface area contributed by atoms with Gasteiger partial charge >= 0.3 is 0 Å². The number of halogens is 1. The van der Waals surface area contributed by atoms with Crippen LogP contribution in [-0.2, 0) is 9.59 Å². The molecule has 4 rings (SSSR count). The van der Waals surface area contributed by atoms with Crippen LogP contribution in [0.5, 0.6) is 11.5 Å². The molecular formula is C27H24ClNO5. The maximum Gasteiger partial charge on any atom is 0.300 e. The number of Topliss-reactive ketones (excluding diaryl/α,β-unsaturated/α-hetero) is 1. The van der Waals surface area contributed by atoms with Crippen LogP contribution < -0.4 is 14.4 Å². The number of amides is 1. The van der Waals surface area contributed by atoms with Gasteiger partial charge in [-0.25, -0.2) is 0 Å². The van der Waals surface area contributed by atoms with E-state index in [1.54, 1.807) is 48.5 Å². The summed E-state index contributed by atoms with van der Waals surface area (Å²) in [7, 11) is 1.49. The predicted octanol–water partition coefficient (Wildman–Crippen LogP) is 5.68. The van der Waals surface area contributed by atoms with E-state index >= 15 is 0 Å². The van der Waals surface area contributed by atoms with Crippen LogP contribution in [0.1, 0.15) is 29.7 Å². The number of aryl methyl sites for hydroxylation is 1. The zero-order valence-corrected chi connectivity index (χ0v) is 19.8. The van der Waals surface area contributed by atoms with Gasteiger partial charge in [-0.2, -0.15) is 0 Å². The normalized spacial score (nSPS) is 17.2. The average molecular weight is 478 g/mol. The van der Waals surface area contributed by atoms with Crippen molar-refractivity contribution in [1.82, 2.24) is 0 Å². The van der Waals surface area contributed by atoms with Crippen molar-refractivity contribution in [2.24, 2.45) is 0 Å². The Kier molecular flexibility index (Phi) is 6.61. The SMILES string of the molecule is CCOc1ccc(C2/C(=C(/O)c3ccc(OC)c(Cl)c3)C(=O)C(=O)N2c2ccccc2C)cc1. The van der Waals surface area contributed by atoms with Crippen LogP contribution in [0.4, 0.5) is 5.69 Å². The summed E-state index contributed by atoms with van der Waals surface area (Å²) in [5, 5.41) is 11.5. The van der Waals surface area contributed by atoms with E-state index in [1.165, 1.54) is 18.1 Å². The Morgan fingerprint density at radius 1 is 1.06 bits per heavy atom. The number of aliphatic hydroxyl groups excluding tert-OH is 1. The molecule has 0 aliphatic carbocycles. The summed E-state index contributed by atoms with van der Waals surface area (Å²) in [5.74, 6) is -0.693. The maximum atomic E-state index is 13.3. The molecule has 34 heavy (non-hydrogen) atoms. The number of nitrogens with zero attached hydrogens (tertiary/aromatic N) is 1. The van der Waals surface area contributed by atoms with E-state index in [9.17, 15) is 14.7 Å². The molecule has 1 amide bonds. The fraction of sp³-hybridized carbons (Fsp3) is 0.185. The van der Waals surface area contributed by atoms with Crippen molar-refractivity contribution in [3.05, 3.63) is 94.0 Å². The van der Waals surface area contributed by atoms with Gasteiger partial charge in [0, 0.05) is 11.3 Å². The second-order valence-corrected chi connectivity index (χ2v) is 8.21.